The molecule has 1 amide bonds. The van der Waals surface area contributed by atoms with Gasteiger partial charge >= 0.3 is 5.97 Å². The molecule has 0 saturated heterocycles. The van der Waals surface area contributed by atoms with Crippen LogP contribution < -0.4 is 5.32 Å². The van der Waals surface area contributed by atoms with E-state index in [4.69, 9.17) is 4.74 Å². The Morgan fingerprint density at radius 3 is 2.17 bits per heavy atom. The maximum Gasteiger partial charge on any atom is 0.318 e. The van der Waals surface area contributed by atoms with Gasteiger partial charge in [0.05, 0.1) is 12.3 Å². The smallest absolute Gasteiger partial charge is 0.318 e. The number of hydrogen-bond donors (Lipinski definition) is 1. The number of carbonyl (C=O) groups excluding carboxylic acids is 2. The van der Waals surface area contributed by atoms with Gasteiger partial charge in [-0.3, -0.25) is 14.6 Å². The fourth-order valence-corrected chi connectivity index (χ4v) is 3.38. The Morgan fingerprint density at radius 2 is 1.59 bits per heavy atom. The van der Waals surface area contributed by atoms with E-state index in [0.717, 1.165) is 11.1 Å². The highest BCUT2D eigenvalue weighted by Gasteiger charge is 2.41. The molecule has 0 saturated carbocycles. The zero-order valence-corrected chi connectivity index (χ0v) is 18.3. The van der Waals surface area contributed by atoms with Crippen molar-refractivity contribution in [1.82, 2.24) is 4.98 Å². The van der Waals surface area contributed by atoms with Crippen molar-refractivity contribution < 1.29 is 14.3 Å². The molecular weight excluding hydrogens is 364 g/mol. The minimum atomic E-state index is -0.840. The number of nitrogens with one attached hydrogen (secondary N) is 1. The van der Waals surface area contributed by atoms with E-state index >= 15 is 0 Å². The average Bonchev–Trinajstić information content (AvgIpc) is 2.70. The molecule has 1 heterocycles. The molecule has 0 radical (unpaired) electrons. The topological polar surface area (TPSA) is 68.3 Å². The van der Waals surface area contributed by atoms with E-state index in [1.807, 2.05) is 77.9 Å². The largest absolute Gasteiger partial charge is 0.465 e. The fourth-order valence-electron chi connectivity index (χ4n) is 3.38. The number of pyridine rings is 1. The second-order valence-corrected chi connectivity index (χ2v) is 8.16. The number of amides is 1. The molecule has 0 spiro atoms. The van der Waals surface area contributed by atoms with Crippen molar-refractivity contribution in [2.45, 2.75) is 59.8 Å². The summed E-state index contributed by atoms with van der Waals surface area (Å²) in [5.74, 6) is -0.334. The van der Waals surface area contributed by atoms with E-state index in [1.165, 1.54) is 0 Å². The second-order valence-electron chi connectivity index (χ2n) is 8.16. The maximum atomic E-state index is 13.0. The molecular formula is C24H32N2O3. The standard InChI is InChI=1S/C24H32N2O3/c1-7-24(8-2,22(28)29-9-3)20-18(14-12-16-25-20)17-13-10-11-15-19(17)26-21(27)23(4,5)6/h10-16H,7-9H2,1-6H3,(H,26,27). The molecule has 2 aromatic rings. The first kappa shape index (κ1) is 22.6. The van der Waals surface area contributed by atoms with Crippen LogP contribution in [0.2, 0.25) is 0 Å². The summed E-state index contributed by atoms with van der Waals surface area (Å²) in [4.78, 5) is 30.2. The van der Waals surface area contributed by atoms with Gasteiger partial charge in [-0.2, -0.15) is 0 Å². The van der Waals surface area contributed by atoms with E-state index < -0.39 is 10.8 Å². The number of anilines is 1. The minimum Gasteiger partial charge on any atom is -0.465 e. The highest BCUT2D eigenvalue weighted by atomic mass is 16.5. The van der Waals surface area contributed by atoms with E-state index in [0.29, 0.717) is 30.8 Å². The second kappa shape index (κ2) is 9.21. The van der Waals surface area contributed by atoms with Gasteiger partial charge in [0.25, 0.3) is 0 Å². The molecule has 1 aromatic carbocycles. The molecule has 5 heteroatoms. The summed E-state index contributed by atoms with van der Waals surface area (Å²) in [5, 5.41) is 3.04. The van der Waals surface area contributed by atoms with Crippen LogP contribution in [0.4, 0.5) is 5.69 Å². The summed E-state index contributed by atoms with van der Waals surface area (Å²) in [7, 11) is 0. The number of para-hydroxylation sites is 1. The van der Waals surface area contributed by atoms with Crippen molar-refractivity contribution in [3.05, 3.63) is 48.3 Å². The van der Waals surface area contributed by atoms with Crippen molar-refractivity contribution >= 4 is 17.6 Å². The first-order chi connectivity index (χ1) is 13.7. The van der Waals surface area contributed by atoms with Crippen LogP contribution in [0.15, 0.2) is 42.6 Å². The third kappa shape index (κ3) is 4.66. The van der Waals surface area contributed by atoms with Crippen LogP contribution in [-0.2, 0) is 19.7 Å². The average molecular weight is 397 g/mol. The van der Waals surface area contributed by atoms with E-state index in [1.54, 1.807) is 6.20 Å². The molecule has 1 N–H and O–H groups in total. The lowest BCUT2D eigenvalue weighted by molar-refractivity contribution is -0.150. The lowest BCUT2D eigenvalue weighted by Crippen LogP contribution is -2.38. The van der Waals surface area contributed by atoms with Crippen LogP contribution in [0.3, 0.4) is 0 Å². The lowest BCUT2D eigenvalue weighted by atomic mass is 9.76. The molecule has 0 unspecified atom stereocenters. The van der Waals surface area contributed by atoms with Crippen molar-refractivity contribution in [1.29, 1.82) is 0 Å². The Morgan fingerprint density at radius 1 is 0.966 bits per heavy atom. The summed E-state index contributed by atoms with van der Waals surface area (Å²) in [5.41, 5.74) is 1.69. The Bertz CT molecular complexity index is 864. The molecule has 0 atom stereocenters. The summed E-state index contributed by atoms with van der Waals surface area (Å²) in [6.45, 7) is 11.7. The van der Waals surface area contributed by atoms with Crippen LogP contribution in [0.1, 0.15) is 60.1 Å². The van der Waals surface area contributed by atoms with Gasteiger partial charge in [-0.25, -0.2) is 0 Å². The van der Waals surface area contributed by atoms with Gasteiger partial charge in [0.15, 0.2) is 0 Å². The fraction of sp³-hybridized carbons (Fsp3) is 0.458. The normalized spacial score (nSPS) is 11.8. The monoisotopic (exact) mass is 396 g/mol. The van der Waals surface area contributed by atoms with Crippen molar-refractivity contribution in [2.24, 2.45) is 5.41 Å². The van der Waals surface area contributed by atoms with E-state index in [2.05, 4.69) is 10.3 Å². The van der Waals surface area contributed by atoms with Crippen LogP contribution in [-0.4, -0.2) is 23.5 Å². The molecule has 0 bridgehead atoms. The van der Waals surface area contributed by atoms with Crippen molar-refractivity contribution in [3.63, 3.8) is 0 Å². The molecule has 0 aliphatic heterocycles. The third-order valence-corrected chi connectivity index (χ3v) is 5.28. The number of carbonyl (C=O) groups is 2. The predicted molar refractivity (Wildman–Crippen MR) is 117 cm³/mol. The van der Waals surface area contributed by atoms with Crippen LogP contribution in [0, 0.1) is 5.41 Å². The number of benzene rings is 1. The first-order valence-corrected chi connectivity index (χ1v) is 10.2. The number of nitrogens with zero attached hydrogens (tertiary/aromatic N) is 1. The lowest BCUT2D eigenvalue weighted by Gasteiger charge is -2.31. The van der Waals surface area contributed by atoms with Crippen LogP contribution in [0.5, 0.6) is 0 Å². The summed E-state index contributed by atoms with van der Waals surface area (Å²) < 4.78 is 5.43. The van der Waals surface area contributed by atoms with Crippen molar-refractivity contribution in [2.75, 3.05) is 11.9 Å². The summed E-state index contributed by atoms with van der Waals surface area (Å²) in [6, 6.07) is 11.4. The highest BCUT2D eigenvalue weighted by molar-refractivity contribution is 5.99. The van der Waals surface area contributed by atoms with Crippen molar-refractivity contribution in [3.8, 4) is 11.1 Å². The zero-order valence-electron chi connectivity index (χ0n) is 18.3. The Labute approximate surface area is 173 Å². The molecule has 2 rings (SSSR count). The van der Waals surface area contributed by atoms with Gasteiger partial charge in [0, 0.05) is 28.4 Å². The Balaban J connectivity index is 2.65. The van der Waals surface area contributed by atoms with Crippen LogP contribution in [0.25, 0.3) is 11.1 Å². The highest BCUT2D eigenvalue weighted by Crippen LogP contribution is 2.40. The predicted octanol–water partition coefficient (Wildman–Crippen LogP) is 5.35. The maximum absolute atomic E-state index is 13.0. The quantitative estimate of drug-likeness (QED) is 0.640. The van der Waals surface area contributed by atoms with E-state index in [9.17, 15) is 9.59 Å². The Hall–Kier alpha value is -2.69. The zero-order chi connectivity index (χ0) is 21.7. The number of aromatic nitrogens is 1. The molecule has 0 fully saturated rings. The van der Waals surface area contributed by atoms with Gasteiger partial charge in [0.2, 0.25) is 5.91 Å². The molecule has 156 valence electrons. The summed E-state index contributed by atoms with van der Waals surface area (Å²) >= 11 is 0. The molecule has 0 aliphatic rings. The summed E-state index contributed by atoms with van der Waals surface area (Å²) in [6.07, 6.45) is 2.85. The SMILES string of the molecule is CCOC(=O)C(CC)(CC)c1ncccc1-c1ccccc1NC(=O)C(C)(C)C. The number of rotatable bonds is 7. The Kier molecular flexibility index (Phi) is 7.17. The molecule has 29 heavy (non-hydrogen) atoms. The van der Waals surface area contributed by atoms with Gasteiger partial charge in [-0.15, -0.1) is 0 Å². The molecule has 5 nitrogen and oxygen atoms in total. The van der Waals surface area contributed by atoms with Gasteiger partial charge in [-0.1, -0.05) is 58.9 Å². The third-order valence-electron chi connectivity index (χ3n) is 5.28. The minimum absolute atomic E-state index is 0.0713. The number of esters is 1. The van der Waals surface area contributed by atoms with E-state index in [-0.39, 0.29) is 11.9 Å². The first-order valence-electron chi connectivity index (χ1n) is 10.2. The van der Waals surface area contributed by atoms with Gasteiger partial charge in [0.1, 0.15) is 5.41 Å². The number of hydrogen-bond acceptors (Lipinski definition) is 4. The van der Waals surface area contributed by atoms with Crippen LogP contribution >= 0.6 is 0 Å². The molecule has 1 aromatic heterocycles. The van der Waals surface area contributed by atoms with Gasteiger partial charge in [-0.05, 0) is 31.9 Å². The number of ether oxygens (including phenoxy) is 1. The van der Waals surface area contributed by atoms with Gasteiger partial charge < -0.3 is 10.1 Å². The molecule has 0 aliphatic carbocycles.